The van der Waals surface area contributed by atoms with E-state index in [0.717, 1.165) is 0 Å². The summed E-state index contributed by atoms with van der Waals surface area (Å²) < 4.78 is 26.6. The Labute approximate surface area is 165 Å². The summed E-state index contributed by atoms with van der Waals surface area (Å²) in [5.41, 5.74) is 16.5. The highest BCUT2D eigenvalue weighted by Gasteiger charge is 2.29. The van der Waals surface area contributed by atoms with Crippen LogP contribution in [0.3, 0.4) is 0 Å². The SMILES string of the molecule is CC(C)C(OCC(C)(C)N)OCC(C)(C)N.CCOCC1(N)COCOC1. The van der Waals surface area contributed by atoms with E-state index >= 15 is 0 Å². The van der Waals surface area contributed by atoms with Crippen LogP contribution >= 0.6 is 0 Å². The first-order valence-corrected chi connectivity index (χ1v) is 9.61. The molecule has 0 aromatic carbocycles. The number of hydrogen-bond acceptors (Lipinski definition) is 8. The highest BCUT2D eigenvalue weighted by Crippen LogP contribution is 2.13. The maximum Gasteiger partial charge on any atom is 0.160 e. The van der Waals surface area contributed by atoms with E-state index < -0.39 is 5.54 Å². The fourth-order valence-corrected chi connectivity index (χ4v) is 2.01. The maximum absolute atomic E-state index is 5.87. The molecule has 0 aromatic rings. The van der Waals surface area contributed by atoms with Gasteiger partial charge >= 0.3 is 0 Å². The third kappa shape index (κ3) is 15.3. The van der Waals surface area contributed by atoms with Crippen molar-refractivity contribution in [2.75, 3.05) is 46.4 Å². The van der Waals surface area contributed by atoms with Gasteiger partial charge in [-0.2, -0.15) is 0 Å². The van der Waals surface area contributed by atoms with Gasteiger partial charge in [-0.15, -0.1) is 0 Å². The molecule has 1 fully saturated rings. The number of ether oxygens (including phenoxy) is 5. The fraction of sp³-hybridized carbons (Fsp3) is 1.00. The van der Waals surface area contributed by atoms with E-state index in [2.05, 4.69) is 13.8 Å². The van der Waals surface area contributed by atoms with Gasteiger partial charge in [-0.1, -0.05) is 13.8 Å². The molecule has 6 N–H and O–H groups in total. The minimum atomic E-state index is -0.436. The summed E-state index contributed by atoms with van der Waals surface area (Å²) in [5, 5.41) is 0. The van der Waals surface area contributed by atoms with Gasteiger partial charge in [0, 0.05) is 23.6 Å². The average Bonchev–Trinajstić information content (AvgIpc) is 2.52. The van der Waals surface area contributed by atoms with E-state index in [4.69, 9.17) is 40.9 Å². The predicted octanol–water partition coefficient (Wildman–Crippen LogP) is 1.20. The summed E-state index contributed by atoms with van der Waals surface area (Å²) in [4.78, 5) is 0. The lowest BCUT2D eigenvalue weighted by Crippen LogP contribution is -2.55. The topological polar surface area (TPSA) is 124 Å². The molecule has 0 amide bonds. The summed E-state index contributed by atoms with van der Waals surface area (Å²) in [6.07, 6.45) is -0.245. The lowest BCUT2D eigenvalue weighted by Gasteiger charge is -2.32. The molecule has 0 aliphatic carbocycles. The Morgan fingerprint density at radius 3 is 1.74 bits per heavy atom. The molecule has 0 unspecified atom stereocenters. The van der Waals surface area contributed by atoms with Crippen LogP contribution in [0.5, 0.6) is 0 Å². The first-order chi connectivity index (χ1) is 12.3. The average molecular weight is 394 g/mol. The Bertz CT molecular complexity index is 357. The number of hydrogen-bond donors (Lipinski definition) is 3. The molecule has 1 aliphatic heterocycles. The number of nitrogens with two attached hydrogens (primary N) is 3. The molecular formula is C19H43N3O5. The van der Waals surface area contributed by atoms with Crippen LogP contribution in [-0.4, -0.2) is 69.3 Å². The third-order valence-corrected chi connectivity index (χ3v) is 3.32. The van der Waals surface area contributed by atoms with Gasteiger partial charge in [-0.25, -0.2) is 0 Å². The summed E-state index contributed by atoms with van der Waals surface area (Å²) in [5.74, 6) is 0.282. The molecule has 0 saturated carbocycles. The summed E-state index contributed by atoms with van der Waals surface area (Å²) in [6.45, 7) is 17.3. The lowest BCUT2D eigenvalue weighted by molar-refractivity contribution is -0.179. The first kappa shape index (κ1) is 26.7. The quantitative estimate of drug-likeness (QED) is 0.473. The normalized spacial score (nSPS) is 17.8. The number of rotatable bonds is 10. The van der Waals surface area contributed by atoms with Gasteiger partial charge in [0.15, 0.2) is 6.29 Å². The van der Waals surface area contributed by atoms with Gasteiger partial charge in [-0.05, 0) is 34.6 Å². The molecule has 1 rings (SSSR count). The summed E-state index contributed by atoms with van der Waals surface area (Å²) in [7, 11) is 0. The standard InChI is InChI=1S/C12H28N2O2.C7H15NO3/c1-9(2)10(15-7-11(3,4)13)16-8-12(5,6)14;1-2-9-3-7(8)4-10-6-11-5-7/h9-10H,7-8,13-14H2,1-6H3;2-6,8H2,1H3. The minimum absolute atomic E-state index is 0.245. The van der Waals surface area contributed by atoms with Gasteiger partial charge in [0.25, 0.3) is 0 Å². The van der Waals surface area contributed by atoms with Gasteiger partial charge in [0.05, 0.1) is 38.6 Å². The van der Waals surface area contributed by atoms with Crippen LogP contribution in [0.25, 0.3) is 0 Å². The third-order valence-electron chi connectivity index (χ3n) is 3.32. The Morgan fingerprint density at radius 1 is 0.963 bits per heavy atom. The minimum Gasteiger partial charge on any atom is -0.380 e. The van der Waals surface area contributed by atoms with Gasteiger partial charge in [0.1, 0.15) is 6.79 Å². The molecule has 0 spiro atoms. The maximum atomic E-state index is 5.87. The van der Waals surface area contributed by atoms with Crippen molar-refractivity contribution >= 4 is 0 Å². The second kappa shape index (κ2) is 12.3. The molecule has 1 aliphatic rings. The summed E-state index contributed by atoms with van der Waals surface area (Å²) >= 11 is 0. The van der Waals surface area contributed by atoms with Crippen molar-refractivity contribution in [1.82, 2.24) is 0 Å². The molecule has 0 radical (unpaired) electrons. The van der Waals surface area contributed by atoms with Gasteiger partial charge in [0.2, 0.25) is 0 Å². The highest BCUT2D eigenvalue weighted by molar-refractivity contribution is 4.84. The fourth-order valence-electron chi connectivity index (χ4n) is 2.01. The zero-order chi connectivity index (χ0) is 21.1. The highest BCUT2D eigenvalue weighted by atomic mass is 16.7. The van der Waals surface area contributed by atoms with Gasteiger partial charge in [-0.3, -0.25) is 0 Å². The van der Waals surface area contributed by atoms with Crippen LogP contribution in [0.15, 0.2) is 0 Å². The lowest BCUT2D eigenvalue weighted by atomic mass is 10.1. The van der Waals surface area contributed by atoms with E-state index in [1.54, 1.807) is 0 Å². The molecule has 0 bridgehead atoms. The van der Waals surface area contributed by atoms with Crippen molar-refractivity contribution in [2.45, 2.75) is 71.4 Å². The Kier molecular flexibility index (Phi) is 12.1. The Balaban J connectivity index is 0.000000533. The molecule has 1 saturated heterocycles. The zero-order valence-electron chi connectivity index (χ0n) is 18.4. The van der Waals surface area contributed by atoms with Crippen LogP contribution in [0.1, 0.15) is 48.5 Å². The van der Waals surface area contributed by atoms with Crippen molar-refractivity contribution in [1.29, 1.82) is 0 Å². The monoisotopic (exact) mass is 393 g/mol. The van der Waals surface area contributed by atoms with E-state index in [-0.39, 0.29) is 23.3 Å². The van der Waals surface area contributed by atoms with Crippen LogP contribution in [0.2, 0.25) is 0 Å². The molecular weight excluding hydrogens is 350 g/mol. The van der Waals surface area contributed by atoms with Crippen LogP contribution in [0, 0.1) is 5.92 Å². The van der Waals surface area contributed by atoms with Gasteiger partial charge < -0.3 is 40.9 Å². The van der Waals surface area contributed by atoms with Crippen molar-refractivity contribution in [3.63, 3.8) is 0 Å². The van der Waals surface area contributed by atoms with Crippen molar-refractivity contribution < 1.29 is 23.7 Å². The second-order valence-electron chi connectivity index (χ2n) is 9.03. The van der Waals surface area contributed by atoms with Crippen molar-refractivity contribution in [3.8, 4) is 0 Å². The first-order valence-electron chi connectivity index (χ1n) is 9.61. The Morgan fingerprint density at radius 2 is 1.41 bits per heavy atom. The van der Waals surface area contributed by atoms with E-state index in [1.165, 1.54) is 0 Å². The second-order valence-corrected chi connectivity index (χ2v) is 9.03. The zero-order valence-corrected chi connectivity index (χ0v) is 18.4. The molecule has 1 heterocycles. The van der Waals surface area contributed by atoms with Crippen molar-refractivity contribution in [3.05, 3.63) is 0 Å². The molecule has 8 heteroatoms. The molecule has 0 aromatic heterocycles. The predicted molar refractivity (Wildman–Crippen MR) is 107 cm³/mol. The van der Waals surface area contributed by atoms with Crippen molar-refractivity contribution in [2.24, 2.45) is 23.1 Å². The molecule has 27 heavy (non-hydrogen) atoms. The van der Waals surface area contributed by atoms with E-state index in [9.17, 15) is 0 Å². The smallest absolute Gasteiger partial charge is 0.160 e. The van der Waals surface area contributed by atoms with Crippen LogP contribution in [0.4, 0.5) is 0 Å². The molecule has 8 nitrogen and oxygen atoms in total. The van der Waals surface area contributed by atoms with Crippen LogP contribution in [-0.2, 0) is 23.7 Å². The largest absolute Gasteiger partial charge is 0.380 e. The van der Waals surface area contributed by atoms with E-state index in [0.29, 0.717) is 46.4 Å². The molecule has 0 atom stereocenters. The molecule has 164 valence electrons. The van der Waals surface area contributed by atoms with E-state index in [1.807, 2.05) is 34.6 Å². The summed E-state index contributed by atoms with van der Waals surface area (Å²) in [6, 6.07) is 0. The van der Waals surface area contributed by atoms with Crippen LogP contribution < -0.4 is 17.2 Å². The Hall–Kier alpha value is -0.320.